The van der Waals surface area contributed by atoms with Crippen LogP contribution in [-0.2, 0) is 6.54 Å². The normalized spacial score (nSPS) is 11.2. The lowest BCUT2D eigenvalue weighted by Crippen LogP contribution is -2.01. The lowest BCUT2D eigenvalue weighted by molar-refractivity contribution is 0.518. The monoisotopic (exact) mass is 347 g/mol. The lowest BCUT2D eigenvalue weighted by Gasteiger charge is -2.05. The Kier molecular flexibility index (Phi) is 3.35. The van der Waals surface area contributed by atoms with Crippen molar-refractivity contribution in [3.63, 3.8) is 0 Å². The Morgan fingerprint density at radius 3 is 2.35 bits per heavy atom. The Bertz CT molecular complexity index is 1120. The van der Waals surface area contributed by atoms with Crippen LogP contribution in [0.4, 0.5) is 5.82 Å². The molecular weight excluding hydrogens is 334 g/mol. The lowest BCUT2D eigenvalue weighted by atomic mass is 10.1. The van der Waals surface area contributed by atoms with E-state index in [0.29, 0.717) is 35.4 Å². The summed E-state index contributed by atoms with van der Waals surface area (Å²) in [6.07, 6.45) is 6.29. The molecule has 0 bridgehead atoms. The van der Waals surface area contributed by atoms with Gasteiger partial charge in [0.05, 0.1) is 36.3 Å². The fourth-order valence-electron chi connectivity index (χ4n) is 2.89. The topological polar surface area (TPSA) is 90.4 Å². The molecular formula is C19H13N3O4. The first-order chi connectivity index (χ1) is 12.9. The smallest absolute Gasteiger partial charge is 0.232 e. The van der Waals surface area contributed by atoms with Gasteiger partial charge >= 0.3 is 0 Å². The second-order valence-electron chi connectivity index (χ2n) is 5.60. The van der Waals surface area contributed by atoms with Gasteiger partial charge in [-0.15, -0.1) is 0 Å². The molecule has 0 aromatic carbocycles. The van der Waals surface area contributed by atoms with Crippen LogP contribution in [0.3, 0.4) is 0 Å². The minimum absolute atomic E-state index is 0.444. The molecule has 0 amide bonds. The number of nitrogens with one attached hydrogen (secondary N) is 1. The summed E-state index contributed by atoms with van der Waals surface area (Å²) in [6, 6.07) is 11.0. The fraction of sp³-hybridized carbons (Fsp3) is 0.0526. The molecule has 5 aromatic rings. The van der Waals surface area contributed by atoms with Gasteiger partial charge in [-0.3, -0.25) is 0 Å². The first-order valence-electron chi connectivity index (χ1n) is 8.01. The van der Waals surface area contributed by atoms with Crippen LogP contribution < -0.4 is 5.32 Å². The Morgan fingerprint density at radius 2 is 1.62 bits per heavy atom. The van der Waals surface area contributed by atoms with Gasteiger partial charge in [-0.1, -0.05) is 0 Å². The maximum absolute atomic E-state index is 5.98. The summed E-state index contributed by atoms with van der Waals surface area (Å²) < 4.78 is 22.5. The zero-order valence-electron chi connectivity index (χ0n) is 13.5. The molecule has 0 aliphatic heterocycles. The highest BCUT2D eigenvalue weighted by atomic mass is 16.4. The van der Waals surface area contributed by atoms with E-state index in [-0.39, 0.29) is 0 Å². The van der Waals surface area contributed by atoms with E-state index in [1.807, 2.05) is 30.3 Å². The summed E-state index contributed by atoms with van der Waals surface area (Å²) in [5.41, 5.74) is 1.18. The molecule has 0 saturated heterocycles. The van der Waals surface area contributed by atoms with Crippen LogP contribution in [0.2, 0.25) is 0 Å². The summed E-state index contributed by atoms with van der Waals surface area (Å²) in [6.45, 7) is 0.484. The van der Waals surface area contributed by atoms with E-state index >= 15 is 0 Å². The first-order valence-corrected chi connectivity index (χ1v) is 8.01. The van der Waals surface area contributed by atoms with Crippen molar-refractivity contribution in [2.24, 2.45) is 0 Å². The highest BCUT2D eigenvalue weighted by Crippen LogP contribution is 2.42. The molecule has 0 fully saturated rings. The van der Waals surface area contributed by atoms with E-state index in [0.717, 1.165) is 16.7 Å². The highest BCUT2D eigenvalue weighted by Gasteiger charge is 2.25. The van der Waals surface area contributed by atoms with Crippen molar-refractivity contribution in [1.82, 2.24) is 9.97 Å². The van der Waals surface area contributed by atoms with Crippen LogP contribution in [0.5, 0.6) is 0 Å². The van der Waals surface area contributed by atoms with E-state index in [1.165, 1.54) is 6.33 Å². The number of hydrogen-bond acceptors (Lipinski definition) is 7. The molecule has 0 atom stereocenters. The Balaban J connectivity index is 1.69. The molecule has 0 aliphatic carbocycles. The van der Waals surface area contributed by atoms with Crippen LogP contribution in [0.1, 0.15) is 5.76 Å². The van der Waals surface area contributed by atoms with Gasteiger partial charge in [-0.05, 0) is 36.4 Å². The third-order valence-electron chi connectivity index (χ3n) is 4.01. The van der Waals surface area contributed by atoms with Gasteiger partial charge in [0.1, 0.15) is 23.7 Å². The Morgan fingerprint density at radius 1 is 0.846 bits per heavy atom. The van der Waals surface area contributed by atoms with E-state index in [1.54, 1.807) is 24.9 Å². The SMILES string of the molecule is c1coc(CNc2ncnc3oc(-c4ccco4)c(-c4ccco4)c23)c1. The summed E-state index contributed by atoms with van der Waals surface area (Å²) in [4.78, 5) is 8.64. The number of rotatable bonds is 5. The van der Waals surface area contributed by atoms with E-state index in [2.05, 4.69) is 15.3 Å². The van der Waals surface area contributed by atoms with Gasteiger partial charge in [-0.2, -0.15) is 0 Å². The number of hydrogen-bond donors (Lipinski definition) is 1. The van der Waals surface area contributed by atoms with Crippen molar-refractivity contribution >= 4 is 16.9 Å². The second-order valence-corrected chi connectivity index (χ2v) is 5.60. The largest absolute Gasteiger partial charge is 0.467 e. The molecule has 7 nitrogen and oxygen atoms in total. The summed E-state index contributed by atoms with van der Waals surface area (Å²) >= 11 is 0. The highest BCUT2D eigenvalue weighted by molar-refractivity contribution is 6.04. The average molecular weight is 347 g/mol. The van der Waals surface area contributed by atoms with Gasteiger partial charge < -0.3 is 23.0 Å². The molecule has 5 heterocycles. The van der Waals surface area contributed by atoms with Gasteiger partial charge in [0.2, 0.25) is 5.71 Å². The summed E-state index contributed by atoms with van der Waals surface area (Å²) in [7, 11) is 0. The van der Waals surface area contributed by atoms with E-state index in [9.17, 15) is 0 Å². The molecule has 5 aromatic heterocycles. The van der Waals surface area contributed by atoms with Crippen molar-refractivity contribution in [2.45, 2.75) is 6.54 Å². The average Bonchev–Trinajstić information content (AvgIpc) is 3.46. The Labute approximate surface area is 147 Å². The molecule has 7 heteroatoms. The zero-order chi connectivity index (χ0) is 17.3. The van der Waals surface area contributed by atoms with Crippen LogP contribution in [-0.4, -0.2) is 9.97 Å². The minimum atomic E-state index is 0.444. The molecule has 0 saturated carbocycles. The number of furan rings is 4. The predicted octanol–water partition coefficient (Wildman–Crippen LogP) is 4.95. The maximum Gasteiger partial charge on any atom is 0.232 e. The standard InChI is InChI=1S/C19H13N3O4/c1-4-12(23-7-1)10-20-18-16-15(13-5-2-8-24-13)17(14-6-3-9-25-14)26-19(16)22-11-21-18/h1-9,11H,10H2,(H,20,21,22). The van der Waals surface area contributed by atoms with Crippen LogP contribution in [0, 0.1) is 0 Å². The molecule has 0 unspecified atom stereocenters. The second kappa shape index (κ2) is 5.96. The van der Waals surface area contributed by atoms with Crippen LogP contribution in [0.25, 0.3) is 33.9 Å². The molecule has 1 N–H and O–H groups in total. The van der Waals surface area contributed by atoms with Crippen LogP contribution >= 0.6 is 0 Å². The van der Waals surface area contributed by atoms with Crippen molar-refractivity contribution in [3.05, 3.63) is 67.3 Å². The molecule has 26 heavy (non-hydrogen) atoms. The van der Waals surface area contributed by atoms with E-state index < -0.39 is 0 Å². The number of anilines is 1. The molecule has 0 spiro atoms. The van der Waals surface area contributed by atoms with Crippen molar-refractivity contribution in [2.75, 3.05) is 5.32 Å². The molecule has 0 aliphatic rings. The molecule has 128 valence electrons. The third kappa shape index (κ3) is 2.37. The van der Waals surface area contributed by atoms with Crippen molar-refractivity contribution in [1.29, 1.82) is 0 Å². The van der Waals surface area contributed by atoms with E-state index in [4.69, 9.17) is 17.7 Å². The number of fused-ring (bicyclic) bond motifs is 1. The number of nitrogens with zero attached hydrogens (tertiary/aromatic N) is 2. The Hall–Kier alpha value is -3.74. The maximum atomic E-state index is 5.98. The van der Waals surface area contributed by atoms with Gasteiger partial charge in [0.15, 0.2) is 11.5 Å². The van der Waals surface area contributed by atoms with Gasteiger partial charge in [0.25, 0.3) is 0 Å². The van der Waals surface area contributed by atoms with Crippen molar-refractivity contribution in [3.8, 4) is 22.8 Å². The predicted molar refractivity (Wildman–Crippen MR) is 93.2 cm³/mol. The minimum Gasteiger partial charge on any atom is -0.467 e. The summed E-state index contributed by atoms with van der Waals surface area (Å²) in [5, 5.41) is 4.00. The summed E-state index contributed by atoms with van der Waals surface area (Å²) in [5.74, 6) is 3.20. The fourth-order valence-corrected chi connectivity index (χ4v) is 2.89. The molecule has 5 rings (SSSR count). The van der Waals surface area contributed by atoms with Gasteiger partial charge in [0, 0.05) is 0 Å². The third-order valence-corrected chi connectivity index (χ3v) is 4.01. The van der Waals surface area contributed by atoms with Crippen molar-refractivity contribution < 1.29 is 17.7 Å². The van der Waals surface area contributed by atoms with Gasteiger partial charge in [-0.25, -0.2) is 9.97 Å². The van der Waals surface area contributed by atoms with Crippen LogP contribution in [0.15, 0.2) is 79.2 Å². The molecule has 0 radical (unpaired) electrons. The first kappa shape index (κ1) is 14.6. The quantitative estimate of drug-likeness (QED) is 0.481. The number of aromatic nitrogens is 2. The zero-order valence-corrected chi connectivity index (χ0v) is 13.5.